The fraction of sp³-hybridized carbons (Fsp3) is 0.929. The molecule has 1 N–H and O–H groups in total. The highest BCUT2D eigenvalue weighted by Crippen LogP contribution is 2.65. The zero-order valence-electron chi connectivity index (χ0n) is 20.2. The number of hydrogen-bond donors (Lipinski definition) is 1. The highest BCUT2D eigenvalue weighted by Gasteiger charge is 2.57. The molecule has 0 aliphatic heterocycles. The van der Waals surface area contributed by atoms with Crippen LogP contribution in [-0.4, -0.2) is 11.2 Å². The molecule has 0 radical (unpaired) electrons. The van der Waals surface area contributed by atoms with Gasteiger partial charge in [0.1, 0.15) is 0 Å². The van der Waals surface area contributed by atoms with Gasteiger partial charge in [0.2, 0.25) is 0 Å². The standard InChI is InChI=1S/C28H48O/c1-17(2)20(5)18(3)15-19(4)26-11-12-27-25-9-7-21-16-22(29)8-10-23(21)24(25)13-14-28(26,27)6/h15,17,19-27,29H,7-14,16H2,1-6H3/b18-15+/t19-,20+,21+,22+,23+,24-,25-,26-,27+,28-/m1/s1. The summed E-state index contributed by atoms with van der Waals surface area (Å²) in [6.07, 6.45) is 14.9. The van der Waals surface area contributed by atoms with E-state index in [0.29, 0.717) is 11.3 Å². The van der Waals surface area contributed by atoms with Gasteiger partial charge < -0.3 is 5.11 Å². The van der Waals surface area contributed by atoms with Crippen molar-refractivity contribution in [3.63, 3.8) is 0 Å². The molecule has 4 aliphatic carbocycles. The number of hydrogen-bond acceptors (Lipinski definition) is 1. The van der Waals surface area contributed by atoms with Crippen LogP contribution in [-0.2, 0) is 0 Å². The highest BCUT2D eigenvalue weighted by atomic mass is 16.3. The third kappa shape index (κ3) is 3.88. The Balaban J connectivity index is 1.49. The van der Waals surface area contributed by atoms with Crippen LogP contribution >= 0.6 is 0 Å². The van der Waals surface area contributed by atoms with Crippen LogP contribution in [0, 0.1) is 58.7 Å². The highest BCUT2D eigenvalue weighted by molar-refractivity contribution is 5.12. The lowest BCUT2D eigenvalue weighted by Crippen LogP contribution is -2.49. The van der Waals surface area contributed by atoms with Gasteiger partial charge in [0.25, 0.3) is 0 Å². The molecule has 4 fully saturated rings. The summed E-state index contributed by atoms with van der Waals surface area (Å²) >= 11 is 0. The first-order valence-electron chi connectivity index (χ1n) is 13.1. The van der Waals surface area contributed by atoms with Crippen molar-refractivity contribution in [2.75, 3.05) is 0 Å². The van der Waals surface area contributed by atoms with Crippen LogP contribution in [0.4, 0.5) is 0 Å². The van der Waals surface area contributed by atoms with E-state index in [2.05, 4.69) is 47.6 Å². The average molecular weight is 401 g/mol. The van der Waals surface area contributed by atoms with Crippen LogP contribution in [0.15, 0.2) is 11.6 Å². The van der Waals surface area contributed by atoms with Crippen molar-refractivity contribution in [3.05, 3.63) is 11.6 Å². The molecule has 4 saturated carbocycles. The van der Waals surface area contributed by atoms with E-state index in [4.69, 9.17) is 0 Å². The quantitative estimate of drug-likeness (QED) is 0.485. The molecule has 1 heteroatoms. The van der Waals surface area contributed by atoms with Gasteiger partial charge in [-0.25, -0.2) is 0 Å². The molecule has 0 amide bonds. The normalized spacial score (nSPS) is 47.3. The summed E-state index contributed by atoms with van der Waals surface area (Å²) in [6.45, 7) is 14.7. The van der Waals surface area contributed by atoms with E-state index in [1.54, 1.807) is 5.57 Å². The molecule has 0 aromatic heterocycles. The van der Waals surface area contributed by atoms with Gasteiger partial charge in [0.05, 0.1) is 6.10 Å². The average Bonchev–Trinajstić information content (AvgIpc) is 3.04. The number of allylic oxidation sites excluding steroid dienone is 2. The lowest BCUT2D eigenvalue weighted by atomic mass is 9.49. The fourth-order valence-corrected chi connectivity index (χ4v) is 8.94. The van der Waals surface area contributed by atoms with Crippen molar-refractivity contribution in [2.45, 2.75) is 105 Å². The SMILES string of the molecule is C/C(=C\[C@@H](C)[C@H]1CC[C@H]2[C@@H]3CC[C@H]4C[C@@H](O)CC[C@@H]4[C@H]3CC[C@]12C)[C@@H](C)C(C)C. The third-order valence-electron chi connectivity index (χ3n) is 10.9. The minimum Gasteiger partial charge on any atom is -0.393 e. The maximum atomic E-state index is 10.2. The molecule has 0 heterocycles. The molecule has 0 aromatic carbocycles. The number of aliphatic hydroxyl groups excluding tert-OH is 1. The molecule has 0 spiro atoms. The molecule has 1 nitrogen and oxygen atoms in total. The molecule has 0 bridgehead atoms. The summed E-state index contributed by atoms with van der Waals surface area (Å²) in [5.41, 5.74) is 2.19. The molecule has 10 atom stereocenters. The first kappa shape index (κ1) is 21.9. The predicted molar refractivity (Wildman–Crippen MR) is 124 cm³/mol. The summed E-state index contributed by atoms with van der Waals surface area (Å²) in [6, 6.07) is 0. The minimum atomic E-state index is 0.00150. The monoisotopic (exact) mass is 400 g/mol. The van der Waals surface area contributed by atoms with Gasteiger partial charge in [0.15, 0.2) is 0 Å². The van der Waals surface area contributed by atoms with Crippen LogP contribution in [0.3, 0.4) is 0 Å². The van der Waals surface area contributed by atoms with Crippen molar-refractivity contribution in [1.29, 1.82) is 0 Å². The minimum absolute atomic E-state index is 0.00150. The Morgan fingerprint density at radius 3 is 2.34 bits per heavy atom. The second-order valence-corrected chi connectivity index (χ2v) is 12.4. The van der Waals surface area contributed by atoms with E-state index in [1.165, 1.54) is 44.9 Å². The van der Waals surface area contributed by atoms with Gasteiger partial charge in [0, 0.05) is 0 Å². The molecule has 0 unspecified atom stereocenters. The first-order chi connectivity index (χ1) is 13.7. The Labute approximate surface area is 181 Å². The Morgan fingerprint density at radius 1 is 0.897 bits per heavy atom. The molecular formula is C28H48O. The lowest BCUT2D eigenvalue weighted by molar-refractivity contribution is -0.0800. The van der Waals surface area contributed by atoms with Gasteiger partial charge in [-0.2, -0.15) is 0 Å². The van der Waals surface area contributed by atoms with Gasteiger partial charge in [-0.3, -0.25) is 0 Å². The van der Waals surface area contributed by atoms with Crippen molar-refractivity contribution >= 4 is 0 Å². The van der Waals surface area contributed by atoms with E-state index >= 15 is 0 Å². The predicted octanol–water partition coefficient (Wildman–Crippen LogP) is 7.49. The van der Waals surface area contributed by atoms with Crippen molar-refractivity contribution in [3.8, 4) is 0 Å². The molecule has 0 saturated heterocycles. The smallest absolute Gasteiger partial charge is 0.0543 e. The third-order valence-corrected chi connectivity index (χ3v) is 10.9. The van der Waals surface area contributed by atoms with Crippen LogP contribution in [0.2, 0.25) is 0 Å². The van der Waals surface area contributed by atoms with E-state index in [1.807, 2.05) is 0 Å². The molecular weight excluding hydrogens is 352 g/mol. The molecule has 29 heavy (non-hydrogen) atoms. The summed E-state index contributed by atoms with van der Waals surface area (Å²) in [5.74, 6) is 7.76. The number of rotatable bonds is 4. The molecule has 4 rings (SSSR count). The van der Waals surface area contributed by atoms with Crippen molar-refractivity contribution in [1.82, 2.24) is 0 Å². The Morgan fingerprint density at radius 2 is 1.62 bits per heavy atom. The van der Waals surface area contributed by atoms with E-state index < -0.39 is 0 Å². The van der Waals surface area contributed by atoms with Gasteiger partial charge in [-0.15, -0.1) is 0 Å². The van der Waals surface area contributed by atoms with E-state index in [-0.39, 0.29) is 6.10 Å². The zero-order valence-corrected chi connectivity index (χ0v) is 20.2. The number of aliphatic hydroxyl groups is 1. The van der Waals surface area contributed by atoms with Crippen LogP contribution in [0.25, 0.3) is 0 Å². The summed E-state index contributed by atoms with van der Waals surface area (Å²) < 4.78 is 0. The molecule has 166 valence electrons. The molecule has 4 aliphatic rings. The van der Waals surface area contributed by atoms with Crippen LogP contribution in [0.5, 0.6) is 0 Å². The van der Waals surface area contributed by atoms with Crippen LogP contribution < -0.4 is 0 Å². The fourth-order valence-electron chi connectivity index (χ4n) is 8.94. The Hall–Kier alpha value is -0.300. The van der Waals surface area contributed by atoms with Crippen molar-refractivity contribution < 1.29 is 5.11 Å². The second-order valence-electron chi connectivity index (χ2n) is 12.4. The summed E-state index contributed by atoms with van der Waals surface area (Å²) in [5, 5.41) is 10.2. The van der Waals surface area contributed by atoms with Gasteiger partial charge in [-0.1, -0.05) is 46.3 Å². The van der Waals surface area contributed by atoms with Gasteiger partial charge >= 0.3 is 0 Å². The largest absolute Gasteiger partial charge is 0.393 e. The summed E-state index contributed by atoms with van der Waals surface area (Å²) in [4.78, 5) is 0. The topological polar surface area (TPSA) is 20.2 Å². The Kier molecular flexibility index (Phi) is 6.29. The van der Waals surface area contributed by atoms with E-state index in [0.717, 1.165) is 60.2 Å². The van der Waals surface area contributed by atoms with Crippen LogP contribution in [0.1, 0.15) is 99.3 Å². The zero-order chi connectivity index (χ0) is 20.9. The maximum absolute atomic E-state index is 10.2. The lowest BCUT2D eigenvalue weighted by Gasteiger charge is -2.56. The maximum Gasteiger partial charge on any atom is 0.0543 e. The second kappa shape index (κ2) is 8.33. The first-order valence-corrected chi connectivity index (χ1v) is 13.1. The van der Waals surface area contributed by atoms with Gasteiger partial charge in [-0.05, 0) is 123 Å². The summed E-state index contributed by atoms with van der Waals surface area (Å²) in [7, 11) is 0. The van der Waals surface area contributed by atoms with E-state index in [9.17, 15) is 5.11 Å². The van der Waals surface area contributed by atoms with Crippen molar-refractivity contribution in [2.24, 2.45) is 58.7 Å². The Bertz CT molecular complexity index is 605. The number of fused-ring (bicyclic) bond motifs is 5. The molecule has 0 aromatic rings.